The number of rotatable bonds is 10. The van der Waals surface area contributed by atoms with Gasteiger partial charge in [-0.2, -0.15) is 23.1 Å². The van der Waals surface area contributed by atoms with Gasteiger partial charge in [-0.15, -0.1) is 0 Å². The summed E-state index contributed by atoms with van der Waals surface area (Å²) in [6, 6.07) is 3.39. The number of nitrogens with two attached hydrogens (primary N) is 1. The van der Waals surface area contributed by atoms with Crippen molar-refractivity contribution in [2.75, 3.05) is 20.6 Å². The molecular weight excluding hydrogens is 578 g/mol. The van der Waals surface area contributed by atoms with E-state index in [1.165, 1.54) is 18.6 Å². The van der Waals surface area contributed by atoms with Crippen LogP contribution < -0.4 is 16.4 Å². The van der Waals surface area contributed by atoms with Gasteiger partial charge in [0.2, 0.25) is 0 Å². The lowest BCUT2D eigenvalue weighted by Gasteiger charge is -2.36. The van der Waals surface area contributed by atoms with Crippen molar-refractivity contribution in [3.63, 3.8) is 0 Å². The van der Waals surface area contributed by atoms with E-state index in [1.807, 2.05) is 0 Å². The highest BCUT2D eigenvalue weighted by Crippen LogP contribution is 2.33. The maximum absolute atomic E-state index is 13.3. The van der Waals surface area contributed by atoms with E-state index in [0.717, 1.165) is 36.3 Å². The quantitative estimate of drug-likeness (QED) is 0.311. The largest absolute Gasteiger partial charge is 0.382 e. The number of nitrogens with zero attached hydrogens (tertiary/aromatic N) is 7. The fourth-order valence-corrected chi connectivity index (χ4v) is 7.19. The molecule has 1 atom stereocenters. The molecule has 0 saturated heterocycles. The molecule has 4 heterocycles. The Labute approximate surface area is 249 Å². The lowest BCUT2D eigenvalue weighted by Crippen LogP contribution is -2.50. The van der Waals surface area contributed by atoms with Crippen molar-refractivity contribution in [3.05, 3.63) is 66.3 Å². The van der Waals surface area contributed by atoms with Crippen molar-refractivity contribution >= 4 is 15.6 Å². The third kappa shape index (κ3) is 6.19. The van der Waals surface area contributed by atoms with E-state index in [-0.39, 0.29) is 11.9 Å². The van der Waals surface area contributed by atoms with Crippen molar-refractivity contribution < 1.29 is 17.2 Å². The first-order chi connectivity index (χ1) is 20.5. The van der Waals surface area contributed by atoms with Gasteiger partial charge in [-0.3, -0.25) is 0 Å². The molecule has 43 heavy (non-hydrogen) atoms. The fraction of sp³-hybridized carbons (Fsp3) is 0.500. The Morgan fingerprint density at radius 1 is 1.19 bits per heavy atom. The smallest absolute Gasteiger partial charge is 0.333 e. The first-order valence-corrected chi connectivity index (χ1v) is 15.9. The monoisotopic (exact) mass is 614 g/mol. The zero-order chi connectivity index (χ0) is 30.4. The maximum Gasteiger partial charge on any atom is 0.333 e. The van der Waals surface area contributed by atoms with Gasteiger partial charge < -0.3 is 21.3 Å². The number of halogens is 2. The number of nitrogens with one attached hydrogen (secondary N) is 2. The summed E-state index contributed by atoms with van der Waals surface area (Å²) in [6.45, 7) is -1.71. The second-order valence-corrected chi connectivity index (χ2v) is 13.9. The van der Waals surface area contributed by atoms with Gasteiger partial charge in [0.25, 0.3) is 10.0 Å². The highest BCUT2D eigenvalue weighted by Gasteiger charge is 2.38. The minimum absolute atomic E-state index is 0.174. The Morgan fingerprint density at radius 2 is 1.95 bits per heavy atom. The molecular formula is C28H36F2N10O2S. The van der Waals surface area contributed by atoms with Crippen LogP contribution >= 0.6 is 0 Å². The number of hydrogen-bond acceptors (Lipinski definition) is 10. The van der Waals surface area contributed by atoms with Gasteiger partial charge in [-0.05, 0) is 76.7 Å². The molecule has 230 valence electrons. The van der Waals surface area contributed by atoms with Crippen LogP contribution in [0.1, 0.15) is 56.5 Å². The van der Waals surface area contributed by atoms with E-state index in [1.54, 1.807) is 30.6 Å². The van der Waals surface area contributed by atoms with Crippen molar-refractivity contribution in [1.29, 1.82) is 0 Å². The highest BCUT2D eigenvalue weighted by atomic mass is 32.2. The number of aromatic nitrogens is 6. The van der Waals surface area contributed by atoms with Crippen LogP contribution in [0.3, 0.4) is 0 Å². The maximum atomic E-state index is 13.3. The number of hydrogen-bond donors (Lipinski definition) is 3. The molecule has 0 radical (unpaired) electrons. The van der Waals surface area contributed by atoms with Crippen molar-refractivity contribution in [2.24, 2.45) is 11.7 Å². The van der Waals surface area contributed by atoms with Crippen molar-refractivity contribution in [3.8, 4) is 11.4 Å². The molecule has 2 saturated carbocycles. The summed E-state index contributed by atoms with van der Waals surface area (Å²) >= 11 is 0. The average molecular weight is 615 g/mol. The van der Waals surface area contributed by atoms with Crippen LogP contribution in [0.25, 0.3) is 17.0 Å². The molecule has 6 rings (SSSR count). The van der Waals surface area contributed by atoms with Gasteiger partial charge in [-0.25, -0.2) is 23.1 Å². The molecule has 0 bridgehead atoms. The zero-order valence-corrected chi connectivity index (χ0v) is 24.9. The fourth-order valence-electron chi connectivity index (χ4n) is 5.72. The van der Waals surface area contributed by atoms with Crippen LogP contribution in [0, 0.1) is 5.92 Å². The molecule has 1 aliphatic heterocycles. The lowest BCUT2D eigenvalue weighted by atomic mass is 9.85. The van der Waals surface area contributed by atoms with Crippen LogP contribution in [0.15, 0.2) is 54.9 Å². The van der Waals surface area contributed by atoms with Gasteiger partial charge in [0.15, 0.2) is 11.5 Å². The molecule has 2 aliphatic carbocycles. The summed E-state index contributed by atoms with van der Waals surface area (Å²) in [7, 11) is 0.637. The highest BCUT2D eigenvalue weighted by molar-refractivity contribution is 7.90. The standard InChI is InChI=1S/C28H36F2N10O2S/c1-38(2)16-18-3-5-20(6-4-18)35-24-13-28(31,33-15-22(24)23-10-12-39(37-23)27(29)30)25-9-11-32-26(36-25)19-14-34-40(17-19)43(41,42)21-7-8-21/h9-15,17-18,20-21,27,33,35H,3-8,16,31H2,1-2H3. The number of allylic oxidation sites excluding steroid dienone is 1. The minimum atomic E-state index is -3.53. The molecule has 2 fully saturated rings. The molecule has 15 heteroatoms. The Morgan fingerprint density at radius 3 is 2.63 bits per heavy atom. The molecule has 0 aromatic carbocycles. The SMILES string of the molecule is CN(C)CC1CCC(NC2=CC(N)(c3ccnc(-c4cnn(S(=O)(=O)C5CC5)c4)n3)NC=C2c2ccn(C(F)F)n2)CC1. The molecule has 4 N–H and O–H groups in total. The Balaban J connectivity index is 1.28. The molecule has 3 aromatic rings. The summed E-state index contributed by atoms with van der Waals surface area (Å²) in [5, 5.41) is 14.5. The van der Waals surface area contributed by atoms with Gasteiger partial charge >= 0.3 is 6.55 Å². The van der Waals surface area contributed by atoms with Crippen LogP contribution in [-0.4, -0.2) is 74.2 Å². The summed E-state index contributed by atoms with van der Waals surface area (Å²) in [4.78, 5) is 11.2. The molecule has 0 amide bonds. The van der Waals surface area contributed by atoms with E-state index in [4.69, 9.17) is 5.73 Å². The Kier molecular flexibility index (Phi) is 7.81. The predicted molar refractivity (Wildman–Crippen MR) is 157 cm³/mol. The number of dihydropyridines is 1. The summed E-state index contributed by atoms with van der Waals surface area (Å²) in [5.74, 6) is 0.900. The Hall–Kier alpha value is -3.69. The second kappa shape index (κ2) is 11.4. The number of alkyl halides is 2. The zero-order valence-electron chi connectivity index (χ0n) is 24.1. The molecule has 12 nitrogen and oxygen atoms in total. The van der Waals surface area contributed by atoms with Gasteiger partial charge in [0.05, 0.1) is 34.6 Å². The first-order valence-electron chi connectivity index (χ1n) is 14.4. The molecule has 1 unspecified atom stereocenters. The third-order valence-corrected chi connectivity index (χ3v) is 10.2. The van der Waals surface area contributed by atoms with Crippen molar-refractivity contribution in [2.45, 2.75) is 62.0 Å². The molecule has 3 aromatic heterocycles. The molecule has 3 aliphatic rings. The van der Waals surface area contributed by atoms with E-state index in [9.17, 15) is 17.2 Å². The van der Waals surface area contributed by atoms with E-state index in [0.29, 0.717) is 51.7 Å². The summed E-state index contributed by atoms with van der Waals surface area (Å²) in [6.07, 6.45) is 14.4. The van der Waals surface area contributed by atoms with Crippen LogP contribution in [0.5, 0.6) is 0 Å². The normalized spacial score (nSPS) is 24.5. The first kappa shape index (κ1) is 29.4. The van der Waals surface area contributed by atoms with Crippen LogP contribution in [-0.2, 0) is 15.7 Å². The van der Waals surface area contributed by atoms with E-state index in [2.05, 4.69) is 49.8 Å². The van der Waals surface area contributed by atoms with E-state index < -0.39 is 27.5 Å². The van der Waals surface area contributed by atoms with Gasteiger partial charge in [0.1, 0.15) is 0 Å². The van der Waals surface area contributed by atoms with Crippen LogP contribution in [0.2, 0.25) is 0 Å². The lowest BCUT2D eigenvalue weighted by molar-refractivity contribution is 0.0565. The average Bonchev–Trinajstić information content (AvgIpc) is 3.51. The summed E-state index contributed by atoms with van der Waals surface area (Å²) < 4.78 is 53.5. The second-order valence-electron chi connectivity index (χ2n) is 11.8. The van der Waals surface area contributed by atoms with Gasteiger partial charge in [-0.1, -0.05) is 0 Å². The van der Waals surface area contributed by atoms with Gasteiger partial charge in [0, 0.05) is 42.5 Å². The van der Waals surface area contributed by atoms with Crippen LogP contribution in [0.4, 0.5) is 8.78 Å². The van der Waals surface area contributed by atoms with Crippen molar-refractivity contribution in [1.82, 2.24) is 44.5 Å². The summed E-state index contributed by atoms with van der Waals surface area (Å²) in [5.41, 5.74) is 8.12. The van der Waals surface area contributed by atoms with E-state index >= 15 is 0 Å². The third-order valence-electron chi connectivity index (χ3n) is 8.14. The Bertz CT molecular complexity index is 1640. The molecule has 0 spiro atoms. The topological polar surface area (TPSA) is 149 Å². The minimum Gasteiger partial charge on any atom is -0.382 e. The predicted octanol–water partition coefficient (Wildman–Crippen LogP) is 2.62.